The van der Waals surface area contributed by atoms with E-state index >= 15 is 0 Å². The number of ether oxygens (including phenoxy) is 1. The van der Waals surface area contributed by atoms with E-state index in [4.69, 9.17) is 4.74 Å². The van der Waals surface area contributed by atoms with Crippen LogP contribution < -0.4 is 5.32 Å². The number of rotatable bonds is 8. The Labute approximate surface area is 154 Å². The first-order valence-corrected chi connectivity index (χ1v) is 8.90. The molecule has 7 heteroatoms. The summed E-state index contributed by atoms with van der Waals surface area (Å²) in [6, 6.07) is 5.62. The number of carbonyl (C=O) groups excluding carboxylic acids is 2. The predicted molar refractivity (Wildman–Crippen MR) is 97.0 cm³/mol. The van der Waals surface area contributed by atoms with E-state index in [9.17, 15) is 14.0 Å². The van der Waals surface area contributed by atoms with Crippen molar-refractivity contribution in [3.05, 3.63) is 35.6 Å². The van der Waals surface area contributed by atoms with Crippen molar-refractivity contribution in [2.45, 2.75) is 18.9 Å². The minimum absolute atomic E-state index is 0.00582. The summed E-state index contributed by atoms with van der Waals surface area (Å²) in [5, 5.41) is 2.96. The zero-order valence-electron chi connectivity index (χ0n) is 15.7. The number of likely N-dealkylation sites (tertiary alicyclic amines) is 1. The van der Waals surface area contributed by atoms with Crippen molar-refractivity contribution < 1.29 is 18.7 Å². The number of halogens is 1. The molecule has 1 aromatic rings. The second-order valence-corrected chi connectivity index (χ2v) is 6.82. The Hall–Kier alpha value is -1.99. The first-order valence-electron chi connectivity index (χ1n) is 8.90. The molecule has 144 valence electrons. The number of hydrogen-bond donors (Lipinski definition) is 1. The highest BCUT2D eigenvalue weighted by molar-refractivity contribution is 5.85. The molecular weight excluding hydrogens is 337 g/mol. The van der Waals surface area contributed by atoms with Crippen molar-refractivity contribution >= 4 is 11.8 Å². The normalized spacial score (nSPS) is 20.5. The Morgan fingerprint density at radius 3 is 2.65 bits per heavy atom. The number of benzene rings is 1. The standard InChI is InChI=1S/C19H28FN3O3/c1-22(2)11-10-21-19(25)16-8-9-17(24)23(12-13-26-3)18(16)14-4-6-15(20)7-5-14/h4-7,16,18H,8-13H2,1-3H3,(H,21,25)/t16-,18+/m1/s1. The van der Waals surface area contributed by atoms with Gasteiger partial charge in [0.25, 0.3) is 0 Å². The van der Waals surface area contributed by atoms with Crippen LogP contribution in [0.1, 0.15) is 24.4 Å². The molecule has 1 heterocycles. The van der Waals surface area contributed by atoms with E-state index in [2.05, 4.69) is 5.32 Å². The number of hydrogen-bond acceptors (Lipinski definition) is 4. The molecule has 1 aliphatic rings. The van der Waals surface area contributed by atoms with Gasteiger partial charge in [0.15, 0.2) is 0 Å². The van der Waals surface area contributed by atoms with Crippen LogP contribution >= 0.6 is 0 Å². The minimum Gasteiger partial charge on any atom is -0.383 e. The lowest BCUT2D eigenvalue weighted by Crippen LogP contribution is -2.49. The highest BCUT2D eigenvalue weighted by atomic mass is 19.1. The maximum Gasteiger partial charge on any atom is 0.225 e. The van der Waals surface area contributed by atoms with Crippen molar-refractivity contribution in [1.29, 1.82) is 0 Å². The van der Waals surface area contributed by atoms with Crippen LogP contribution in [0, 0.1) is 11.7 Å². The minimum atomic E-state index is -0.411. The smallest absolute Gasteiger partial charge is 0.225 e. The van der Waals surface area contributed by atoms with Crippen LogP contribution in [0.3, 0.4) is 0 Å². The predicted octanol–water partition coefficient (Wildman–Crippen LogP) is 1.43. The van der Waals surface area contributed by atoms with Gasteiger partial charge in [0, 0.05) is 33.2 Å². The number of nitrogens with zero attached hydrogens (tertiary/aromatic N) is 2. The average Bonchev–Trinajstić information content (AvgIpc) is 2.60. The Bertz CT molecular complexity index is 607. The Morgan fingerprint density at radius 2 is 2.04 bits per heavy atom. The first-order chi connectivity index (χ1) is 12.4. The van der Waals surface area contributed by atoms with Crippen molar-refractivity contribution in [1.82, 2.24) is 15.1 Å². The van der Waals surface area contributed by atoms with Gasteiger partial charge >= 0.3 is 0 Å². The number of piperidine rings is 1. The second kappa shape index (κ2) is 9.64. The number of likely N-dealkylation sites (N-methyl/N-ethyl adjacent to an activating group) is 1. The fourth-order valence-electron chi connectivity index (χ4n) is 3.29. The average molecular weight is 365 g/mol. The molecule has 0 spiro atoms. The molecule has 0 aliphatic carbocycles. The maximum atomic E-state index is 13.3. The van der Waals surface area contributed by atoms with Gasteiger partial charge in [-0.15, -0.1) is 0 Å². The quantitative estimate of drug-likeness (QED) is 0.757. The summed E-state index contributed by atoms with van der Waals surface area (Å²) in [6.07, 6.45) is 0.811. The van der Waals surface area contributed by atoms with E-state index in [0.29, 0.717) is 32.5 Å². The number of methoxy groups -OCH3 is 1. The molecule has 0 unspecified atom stereocenters. The van der Waals surface area contributed by atoms with Crippen LogP contribution in [0.5, 0.6) is 0 Å². The van der Waals surface area contributed by atoms with Gasteiger partial charge in [-0.2, -0.15) is 0 Å². The molecule has 0 aromatic heterocycles. The zero-order valence-corrected chi connectivity index (χ0v) is 15.7. The maximum absolute atomic E-state index is 13.3. The Morgan fingerprint density at radius 1 is 1.35 bits per heavy atom. The van der Waals surface area contributed by atoms with E-state index in [1.54, 1.807) is 24.1 Å². The zero-order chi connectivity index (χ0) is 19.1. The lowest BCUT2D eigenvalue weighted by molar-refractivity contribution is -0.144. The monoisotopic (exact) mass is 365 g/mol. The third-order valence-electron chi connectivity index (χ3n) is 4.65. The molecule has 26 heavy (non-hydrogen) atoms. The number of carbonyl (C=O) groups is 2. The molecule has 0 radical (unpaired) electrons. The van der Waals surface area contributed by atoms with Crippen LogP contribution in [0.15, 0.2) is 24.3 Å². The fraction of sp³-hybridized carbons (Fsp3) is 0.579. The lowest BCUT2D eigenvalue weighted by atomic mass is 9.83. The first kappa shape index (κ1) is 20.3. The molecule has 2 amide bonds. The van der Waals surface area contributed by atoms with Gasteiger partial charge in [0.05, 0.1) is 18.6 Å². The Balaban J connectivity index is 2.23. The summed E-state index contributed by atoms with van der Waals surface area (Å²) in [7, 11) is 5.46. The summed E-state index contributed by atoms with van der Waals surface area (Å²) < 4.78 is 18.5. The van der Waals surface area contributed by atoms with Crippen LogP contribution in [0.2, 0.25) is 0 Å². The van der Waals surface area contributed by atoms with Gasteiger partial charge in [-0.25, -0.2) is 4.39 Å². The summed E-state index contributed by atoms with van der Waals surface area (Å²) in [5.41, 5.74) is 0.767. The molecular formula is C19H28FN3O3. The van der Waals surface area contributed by atoms with Crippen LogP contribution in [-0.4, -0.2) is 69.1 Å². The van der Waals surface area contributed by atoms with Crippen molar-refractivity contribution in [2.24, 2.45) is 5.92 Å². The molecule has 1 N–H and O–H groups in total. The van der Waals surface area contributed by atoms with Gasteiger partial charge in [0.2, 0.25) is 11.8 Å². The third kappa shape index (κ3) is 5.25. The molecule has 1 saturated heterocycles. The van der Waals surface area contributed by atoms with E-state index in [0.717, 1.165) is 12.1 Å². The van der Waals surface area contributed by atoms with Gasteiger partial charge in [-0.3, -0.25) is 9.59 Å². The van der Waals surface area contributed by atoms with Crippen LogP contribution in [-0.2, 0) is 14.3 Å². The van der Waals surface area contributed by atoms with Crippen LogP contribution in [0.4, 0.5) is 4.39 Å². The van der Waals surface area contributed by atoms with Gasteiger partial charge in [0.1, 0.15) is 5.82 Å². The van der Waals surface area contributed by atoms with Gasteiger partial charge in [-0.1, -0.05) is 12.1 Å². The van der Waals surface area contributed by atoms with Gasteiger partial charge < -0.3 is 19.9 Å². The largest absolute Gasteiger partial charge is 0.383 e. The van der Waals surface area contributed by atoms with Crippen molar-refractivity contribution in [3.63, 3.8) is 0 Å². The topological polar surface area (TPSA) is 61.9 Å². The van der Waals surface area contributed by atoms with E-state index < -0.39 is 6.04 Å². The molecule has 6 nitrogen and oxygen atoms in total. The second-order valence-electron chi connectivity index (χ2n) is 6.82. The highest BCUT2D eigenvalue weighted by Crippen LogP contribution is 2.36. The van der Waals surface area contributed by atoms with Crippen molar-refractivity contribution in [3.8, 4) is 0 Å². The molecule has 0 saturated carbocycles. The van der Waals surface area contributed by atoms with E-state index in [1.165, 1.54) is 12.1 Å². The van der Waals surface area contributed by atoms with E-state index in [-0.39, 0.29) is 23.5 Å². The molecule has 1 fully saturated rings. The molecule has 1 aromatic carbocycles. The Kier molecular flexibility index (Phi) is 7.53. The highest BCUT2D eigenvalue weighted by Gasteiger charge is 2.40. The summed E-state index contributed by atoms with van der Waals surface area (Å²) in [5.74, 6) is -0.784. The lowest BCUT2D eigenvalue weighted by Gasteiger charge is -2.40. The summed E-state index contributed by atoms with van der Waals surface area (Å²) in [4.78, 5) is 28.9. The fourth-order valence-corrected chi connectivity index (χ4v) is 3.29. The molecule has 1 aliphatic heterocycles. The number of amides is 2. The third-order valence-corrected chi connectivity index (χ3v) is 4.65. The van der Waals surface area contributed by atoms with Crippen molar-refractivity contribution in [2.75, 3.05) is 47.4 Å². The molecule has 2 atom stereocenters. The van der Waals surface area contributed by atoms with E-state index in [1.807, 2.05) is 19.0 Å². The number of nitrogens with one attached hydrogen (secondary N) is 1. The molecule has 2 rings (SSSR count). The SMILES string of the molecule is COCCN1C(=O)CC[C@@H](C(=O)NCCN(C)C)[C@@H]1c1ccc(F)cc1. The van der Waals surface area contributed by atoms with Crippen LogP contribution in [0.25, 0.3) is 0 Å². The summed E-state index contributed by atoms with van der Waals surface area (Å²) >= 11 is 0. The molecule has 0 bridgehead atoms. The summed E-state index contributed by atoms with van der Waals surface area (Å²) in [6.45, 7) is 2.08. The van der Waals surface area contributed by atoms with Gasteiger partial charge in [-0.05, 0) is 38.2 Å².